The summed E-state index contributed by atoms with van der Waals surface area (Å²) >= 11 is 0. The van der Waals surface area contributed by atoms with Crippen LogP contribution in [0.3, 0.4) is 0 Å². The highest BCUT2D eigenvalue weighted by Crippen LogP contribution is 2.57. The van der Waals surface area contributed by atoms with Crippen molar-refractivity contribution in [2.45, 2.75) is 57.0 Å². The van der Waals surface area contributed by atoms with E-state index in [0.717, 1.165) is 30.6 Å². The Bertz CT molecular complexity index is 467. The van der Waals surface area contributed by atoms with Crippen molar-refractivity contribution in [3.8, 4) is 0 Å². The van der Waals surface area contributed by atoms with E-state index in [9.17, 15) is 0 Å². The van der Waals surface area contributed by atoms with Crippen LogP contribution in [0.2, 0.25) is 0 Å². The number of ether oxygens (including phenoxy) is 1. The number of hydrogen-bond donors (Lipinski definition) is 0. The highest BCUT2D eigenvalue weighted by atomic mass is 16.5. The first kappa shape index (κ1) is 13.4. The Labute approximate surface area is 128 Å². The summed E-state index contributed by atoms with van der Waals surface area (Å²) < 4.78 is 6.30. The quantitative estimate of drug-likeness (QED) is 0.681. The molecule has 0 heterocycles. The summed E-state index contributed by atoms with van der Waals surface area (Å²) in [5, 5.41) is 0. The van der Waals surface area contributed by atoms with Crippen LogP contribution in [0.25, 0.3) is 0 Å². The molecule has 0 aliphatic heterocycles. The van der Waals surface area contributed by atoms with E-state index < -0.39 is 0 Å². The number of rotatable bonds is 5. The second kappa shape index (κ2) is 5.51. The molecule has 4 bridgehead atoms. The lowest BCUT2D eigenvalue weighted by atomic mass is 9.54. The van der Waals surface area contributed by atoms with Gasteiger partial charge in [-0.2, -0.15) is 0 Å². The summed E-state index contributed by atoms with van der Waals surface area (Å²) in [5.74, 6) is 2.90. The maximum atomic E-state index is 6.30. The van der Waals surface area contributed by atoms with Gasteiger partial charge in [-0.05, 0) is 80.8 Å². The SMILES string of the molecule is C(=C/OC12CC3CC(CC(C3)C1)C2)/CCc1ccccc1. The van der Waals surface area contributed by atoms with Crippen molar-refractivity contribution in [2.24, 2.45) is 17.8 Å². The molecule has 21 heavy (non-hydrogen) atoms. The molecule has 0 unspecified atom stereocenters. The summed E-state index contributed by atoms with van der Waals surface area (Å²) in [6.45, 7) is 0. The van der Waals surface area contributed by atoms with Crippen LogP contribution in [0.5, 0.6) is 0 Å². The molecule has 0 saturated heterocycles. The molecule has 1 nitrogen and oxygen atoms in total. The molecule has 5 rings (SSSR count). The zero-order valence-electron chi connectivity index (χ0n) is 12.8. The zero-order chi connectivity index (χ0) is 14.1. The van der Waals surface area contributed by atoms with Crippen LogP contribution in [0.4, 0.5) is 0 Å². The summed E-state index contributed by atoms with van der Waals surface area (Å²) in [6, 6.07) is 10.7. The van der Waals surface area contributed by atoms with Crippen molar-refractivity contribution in [3.05, 3.63) is 48.2 Å². The lowest BCUT2D eigenvalue weighted by Crippen LogP contribution is -2.51. The Morgan fingerprint density at radius 3 is 2.19 bits per heavy atom. The standard InChI is InChI=1S/C20H26O/c1-2-6-16(7-3-1)8-4-5-9-21-20-13-17-10-18(14-20)12-19(11-17)15-20/h1-3,5-7,9,17-19H,4,8,10-15H2/b9-5-. The number of aryl methyl sites for hydroxylation is 1. The van der Waals surface area contributed by atoms with Gasteiger partial charge in [-0.25, -0.2) is 0 Å². The minimum atomic E-state index is 0.220. The minimum absolute atomic E-state index is 0.220. The summed E-state index contributed by atoms with van der Waals surface area (Å²) in [4.78, 5) is 0. The summed E-state index contributed by atoms with van der Waals surface area (Å²) in [5.41, 5.74) is 1.63. The van der Waals surface area contributed by atoms with Gasteiger partial charge in [0, 0.05) is 0 Å². The van der Waals surface area contributed by atoms with Crippen molar-refractivity contribution < 1.29 is 4.74 Å². The van der Waals surface area contributed by atoms with Gasteiger partial charge in [-0.1, -0.05) is 30.3 Å². The van der Waals surface area contributed by atoms with Crippen LogP contribution < -0.4 is 0 Å². The lowest BCUT2D eigenvalue weighted by molar-refractivity contribution is -0.130. The average Bonchev–Trinajstić information content (AvgIpc) is 2.46. The molecule has 1 heteroatoms. The van der Waals surface area contributed by atoms with E-state index in [4.69, 9.17) is 4.74 Å². The number of allylic oxidation sites excluding steroid dienone is 1. The van der Waals surface area contributed by atoms with E-state index in [2.05, 4.69) is 36.4 Å². The monoisotopic (exact) mass is 282 g/mol. The van der Waals surface area contributed by atoms with Gasteiger partial charge in [0.1, 0.15) is 5.60 Å². The molecule has 4 saturated carbocycles. The van der Waals surface area contributed by atoms with Crippen LogP contribution >= 0.6 is 0 Å². The normalized spacial score (nSPS) is 37.2. The average molecular weight is 282 g/mol. The third kappa shape index (κ3) is 2.88. The predicted octanol–water partition coefficient (Wildman–Crippen LogP) is 5.12. The molecule has 0 amide bonds. The van der Waals surface area contributed by atoms with Gasteiger partial charge in [0.05, 0.1) is 6.26 Å². The molecular weight excluding hydrogens is 256 g/mol. The Kier molecular flexibility index (Phi) is 3.52. The Morgan fingerprint density at radius 1 is 0.952 bits per heavy atom. The Morgan fingerprint density at radius 2 is 1.57 bits per heavy atom. The van der Waals surface area contributed by atoms with E-state index in [-0.39, 0.29) is 5.60 Å². The van der Waals surface area contributed by atoms with Crippen LogP contribution in [0.1, 0.15) is 50.5 Å². The second-order valence-corrected chi connectivity index (χ2v) is 7.61. The maximum absolute atomic E-state index is 6.30. The first-order valence-electron chi connectivity index (χ1n) is 8.68. The largest absolute Gasteiger partial charge is 0.495 e. The van der Waals surface area contributed by atoms with E-state index in [0.29, 0.717) is 0 Å². The van der Waals surface area contributed by atoms with Crippen LogP contribution in [0, 0.1) is 17.8 Å². The minimum Gasteiger partial charge on any atom is -0.495 e. The van der Waals surface area contributed by atoms with Crippen molar-refractivity contribution in [1.82, 2.24) is 0 Å². The first-order chi connectivity index (χ1) is 10.3. The molecule has 0 aromatic heterocycles. The molecule has 4 aliphatic carbocycles. The van der Waals surface area contributed by atoms with E-state index in [1.54, 1.807) is 0 Å². The van der Waals surface area contributed by atoms with Crippen LogP contribution in [0.15, 0.2) is 42.7 Å². The summed E-state index contributed by atoms with van der Waals surface area (Å²) in [7, 11) is 0. The van der Waals surface area contributed by atoms with Crippen molar-refractivity contribution in [1.29, 1.82) is 0 Å². The van der Waals surface area contributed by atoms with Gasteiger partial charge in [0.25, 0.3) is 0 Å². The van der Waals surface area contributed by atoms with Crippen LogP contribution in [-0.2, 0) is 11.2 Å². The molecule has 0 spiro atoms. The molecule has 0 radical (unpaired) electrons. The fraction of sp³-hybridized carbons (Fsp3) is 0.600. The molecule has 0 N–H and O–H groups in total. The molecule has 1 aromatic carbocycles. The van der Waals surface area contributed by atoms with Crippen LogP contribution in [-0.4, -0.2) is 5.60 Å². The fourth-order valence-corrected chi connectivity index (χ4v) is 5.33. The van der Waals surface area contributed by atoms with Gasteiger partial charge in [0.15, 0.2) is 0 Å². The Hall–Kier alpha value is -1.24. The van der Waals surface area contributed by atoms with Gasteiger partial charge in [-0.3, -0.25) is 0 Å². The summed E-state index contributed by atoms with van der Waals surface area (Å²) in [6.07, 6.45) is 14.9. The van der Waals surface area contributed by atoms with Gasteiger partial charge >= 0.3 is 0 Å². The fourth-order valence-electron chi connectivity index (χ4n) is 5.33. The van der Waals surface area contributed by atoms with Crippen molar-refractivity contribution in [3.63, 3.8) is 0 Å². The Balaban J connectivity index is 1.29. The molecule has 4 aliphatic rings. The van der Waals surface area contributed by atoms with Gasteiger partial charge < -0.3 is 4.74 Å². The highest BCUT2D eigenvalue weighted by molar-refractivity contribution is 5.15. The molecule has 0 atom stereocenters. The number of benzene rings is 1. The second-order valence-electron chi connectivity index (χ2n) is 7.61. The van der Waals surface area contributed by atoms with Gasteiger partial charge in [0.2, 0.25) is 0 Å². The highest BCUT2D eigenvalue weighted by Gasteiger charge is 2.52. The zero-order valence-corrected chi connectivity index (χ0v) is 12.8. The molecular formula is C20H26O. The lowest BCUT2D eigenvalue weighted by Gasteiger charge is -2.55. The number of hydrogen-bond acceptors (Lipinski definition) is 1. The first-order valence-corrected chi connectivity index (χ1v) is 8.68. The van der Waals surface area contributed by atoms with Crippen molar-refractivity contribution >= 4 is 0 Å². The third-order valence-corrected chi connectivity index (χ3v) is 5.84. The van der Waals surface area contributed by atoms with E-state index in [1.807, 2.05) is 6.26 Å². The smallest absolute Gasteiger partial charge is 0.109 e. The maximum Gasteiger partial charge on any atom is 0.109 e. The van der Waals surface area contributed by atoms with E-state index in [1.165, 1.54) is 44.1 Å². The molecule has 112 valence electrons. The molecule has 4 fully saturated rings. The van der Waals surface area contributed by atoms with Crippen molar-refractivity contribution in [2.75, 3.05) is 0 Å². The van der Waals surface area contributed by atoms with E-state index >= 15 is 0 Å². The topological polar surface area (TPSA) is 9.23 Å². The predicted molar refractivity (Wildman–Crippen MR) is 85.9 cm³/mol. The molecule has 1 aromatic rings. The van der Waals surface area contributed by atoms with Gasteiger partial charge in [-0.15, -0.1) is 0 Å². The third-order valence-electron chi connectivity index (χ3n) is 5.84.